The molecule has 0 heteroatoms. The molecule has 0 amide bonds. The van der Waals surface area contributed by atoms with Crippen LogP contribution in [0, 0.1) is 11.8 Å². The third-order valence-corrected chi connectivity index (χ3v) is 3.77. The summed E-state index contributed by atoms with van der Waals surface area (Å²) in [4.78, 5) is 0. The number of hydrogen-bond donors (Lipinski definition) is 0. The van der Waals surface area contributed by atoms with Crippen molar-refractivity contribution in [2.45, 2.75) is 78.6 Å². The molecule has 0 aromatic carbocycles. The molecule has 0 aliphatic rings. The summed E-state index contributed by atoms with van der Waals surface area (Å²) >= 11 is 0. The van der Waals surface area contributed by atoms with Gasteiger partial charge in [-0.2, -0.15) is 0 Å². The van der Waals surface area contributed by atoms with Crippen molar-refractivity contribution in [1.29, 1.82) is 0 Å². The number of allylic oxidation sites excluding steroid dienone is 1. The Balaban J connectivity index is 3.26. The first-order valence-corrected chi connectivity index (χ1v) is 7.33. The van der Waals surface area contributed by atoms with Gasteiger partial charge < -0.3 is 0 Å². The standard InChI is InChI=1S/C16H32/c1-5-7-8-9-10-11-12-14-16(4)15(3)13-6-2/h6,15-16H,2,5,7-14H2,1,3-4H3. The lowest BCUT2D eigenvalue weighted by Crippen LogP contribution is -2.06. The lowest BCUT2D eigenvalue weighted by Gasteiger charge is -2.18. The van der Waals surface area contributed by atoms with Gasteiger partial charge in [-0.25, -0.2) is 0 Å². The Kier molecular flexibility index (Phi) is 11.0. The predicted octanol–water partition coefficient (Wildman–Crippen LogP) is 5.98. The van der Waals surface area contributed by atoms with Crippen LogP contribution < -0.4 is 0 Å². The van der Waals surface area contributed by atoms with Crippen LogP contribution in [0.3, 0.4) is 0 Å². The zero-order valence-corrected chi connectivity index (χ0v) is 11.8. The zero-order valence-electron chi connectivity index (χ0n) is 11.8. The van der Waals surface area contributed by atoms with Crippen molar-refractivity contribution in [3.05, 3.63) is 12.7 Å². The second-order valence-corrected chi connectivity index (χ2v) is 5.39. The summed E-state index contributed by atoms with van der Waals surface area (Å²) in [6, 6.07) is 0. The Morgan fingerprint density at radius 2 is 1.44 bits per heavy atom. The van der Waals surface area contributed by atoms with E-state index >= 15 is 0 Å². The summed E-state index contributed by atoms with van der Waals surface area (Å²) in [6.07, 6.45) is 14.6. The van der Waals surface area contributed by atoms with E-state index < -0.39 is 0 Å². The van der Waals surface area contributed by atoms with Crippen molar-refractivity contribution < 1.29 is 0 Å². The molecule has 0 saturated heterocycles. The molecule has 0 N–H and O–H groups in total. The first-order chi connectivity index (χ1) is 7.72. The van der Waals surface area contributed by atoms with Crippen molar-refractivity contribution in [2.75, 3.05) is 0 Å². The Bertz CT molecular complexity index is 148. The van der Waals surface area contributed by atoms with Crippen LogP contribution in [0.15, 0.2) is 12.7 Å². The first kappa shape index (κ1) is 15.7. The highest BCUT2D eigenvalue weighted by atomic mass is 14.1. The number of hydrogen-bond acceptors (Lipinski definition) is 0. The predicted molar refractivity (Wildman–Crippen MR) is 75.8 cm³/mol. The van der Waals surface area contributed by atoms with Gasteiger partial charge in [-0.3, -0.25) is 0 Å². The van der Waals surface area contributed by atoms with Gasteiger partial charge in [0.25, 0.3) is 0 Å². The van der Waals surface area contributed by atoms with Gasteiger partial charge in [0.2, 0.25) is 0 Å². The monoisotopic (exact) mass is 224 g/mol. The third-order valence-electron chi connectivity index (χ3n) is 3.77. The molecule has 0 spiro atoms. The van der Waals surface area contributed by atoms with Crippen LogP contribution in [-0.2, 0) is 0 Å². The molecule has 0 fully saturated rings. The van der Waals surface area contributed by atoms with Crippen molar-refractivity contribution >= 4 is 0 Å². The summed E-state index contributed by atoms with van der Waals surface area (Å²) in [5.41, 5.74) is 0. The number of rotatable bonds is 11. The SMILES string of the molecule is C=CCC(C)C(C)CCCCCCCCC. The summed E-state index contributed by atoms with van der Waals surface area (Å²) in [5.74, 6) is 1.69. The van der Waals surface area contributed by atoms with Crippen molar-refractivity contribution in [3.8, 4) is 0 Å². The Morgan fingerprint density at radius 1 is 0.875 bits per heavy atom. The van der Waals surface area contributed by atoms with Crippen molar-refractivity contribution in [1.82, 2.24) is 0 Å². The van der Waals surface area contributed by atoms with E-state index in [2.05, 4.69) is 33.4 Å². The molecular weight excluding hydrogens is 192 g/mol. The first-order valence-electron chi connectivity index (χ1n) is 7.33. The van der Waals surface area contributed by atoms with Gasteiger partial charge in [0.05, 0.1) is 0 Å². The van der Waals surface area contributed by atoms with E-state index in [4.69, 9.17) is 0 Å². The fourth-order valence-corrected chi connectivity index (χ4v) is 2.20. The van der Waals surface area contributed by atoms with Crippen LogP contribution in [0.1, 0.15) is 78.6 Å². The van der Waals surface area contributed by atoms with Crippen LogP contribution in [0.4, 0.5) is 0 Å². The normalized spacial score (nSPS) is 14.7. The molecule has 16 heavy (non-hydrogen) atoms. The van der Waals surface area contributed by atoms with E-state index in [1.807, 2.05) is 0 Å². The van der Waals surface area contributed by atoms with E-state index in [0.29, 0.717) is 0 Å². The smallest absolute Gasteiger partial charge is 0.0325 e. The molecule has 0 radical (unpaired) electrons. The van der Waals surface area contributed by atoms with Gasteiger partial charge in [0, 0.05) is 0 Å². The van der Waals surface area contributed by atoms with Gasteiger partial charge in [-0.05, 0) is 18.3 Å². The second kappa shape index (κ2) is 11.2. The van der Waals surface area contributed by atoms with Gasteiger partial charge in [0.1, 0.15) is 0 Å². The molecule has 0 aromatic rings. The van der Waals surface area contributed by atoms with Gasteiger partial charge >= 0.3 is 0 Å². The molecule has 0 bridgehead atoms. The van der Waals surface area contributed by atoms with E-state index in [0.717, 1.165) is 11.8 Å². The summed E-state index contributed by atoms with van der Waals surface area (Å²) in [6.45, 7) is 10.9. The summed E-state index contributed by atoms with van der Waals surface area (Å²) in [7, 11) is 0. The number of unbranched alkanes of at least 4 members (excludes halogenated alkanes) is 6. The average molecular weight is 224 g/mol. The lowest BCUT2D eigenvalue weighted by molar-refractivity contribution is 0.353. The largest absolute Gasteiger partial charge is 0.103 e. The van der Waals surface area contributed by atoms with Gasteiger partial charge in [-0.1, -0.05) is 78.2 Å². The van der Waals surface area contributed by atoms with Gasteiger partial charge in [-0.15, -0.1) is 6.58 Å². The van der Waals surface area contributed by atoms with Crippen LogP contribution >= 0.6 is 0 Å². The molecule has 2 unspecified atom stereocenters. The molecule has 96 valence electrons. The fraction of sp³-hybridized carbons (Fsp3) is 0.875. The minimum absolute atomic E-state index is 0.817. The average Bonchev–Trinajstić information content (AvgIpc) is 2.28. The van der Waals surface area contributed by atoms with Crippen molar-refractivity contribution in [2.24, 2.45) is 11.8 Å². The molecule has 0 nitrogen and oxygen atoms in total. The highest BCUT2D eigenvalue weighted by molar-refractivity contribution is 4.73. The van der Waals surface area contributed by atoms with Crippen LogP contribution in [-0.4, -0.2) is 0 Å². The Morgan fingerprint density at radius 3 is 2.00 bits per heavy atom. The summed E-state index contributed by atoms with van der Waals surface area (Å²) < 4.78 is 0. The Labute approximate surface area is 104 Å². The van der Waals surface area contributed by atoms with Crippen LogP contribution in [0.5, 0.6) is 0 Å². The van der Waals surface area contributed by atoms with E-state index in [1.54, 1.807) is 0 Å². The highest BCUT2D eigenvalue weighted by Gasteiger charge is 2.09. The van der Waals surface area contributed by atoms with E-state index in [9.17, 15) is 0 Å². The lowest BCUT2D eigenvalue weighted by atomic mass is 9.88. The molecule has 0 rings (SSSR count). The third kappa shape index (κ3) is 9.00. The quantitative estimate of drug-likeness (QED) is 0.299. The Hall–Kier alpha value is -0.260. The second-order valence-electron chi connectivity index (χ2n) is 5.39. The minimum atomic E-state index is 0.817. The van der Waals surface area contributed by atoms with E-state index in [1.165, 1.54) is 57.8 Å². The molecule has 0 aliphatic heterocycles. The molecule has 0 aromatic heterocycles. The fourth-order valence-electron chi connectivity index (χ4n) is 2.20. The molecule has 2 atom stereocenters. The van der Waals surface area contributed by atoms with Crippen LogP contribution in [0.25, 0.3) is 0 Å². The summed E-state index contributed by atoms with van der Waals surface area (Å²) in [5, 5.41) is 0. The topological polar surface area (TPSA) is 0 Å². The van der Waals surface area contributed by atoms with E-state index in [-0.39, 0.29) is 0 Å². The molecule has 0 heterocycles. The maximum absolute atomic E-state index is 3.82. The highest BCUT2D eigenvalue weighted by Crippen LogP contribution is 2.21. The maximum atomic E-state index is 3.82. The minimum Gasteiger partial charge on any atom is -0.103 e. The molecular formula is C16H32. The maximum Gasteiger partial charge on any atom is -0.0325 e. The molecule has 0 aliphatic carbocycles. The zero-order chi connectivity index (χ0) is 12.2. The molecule has 0 saturated carbocycles. The van der Waals surface area contributed by atoms with Crippen LogP contribution in [0.2, 0.25) is 0 Å². The van der Waals surface area contributed by atoms with Gasteiger partial charge in [0.15, 0.2) is 0 Å². The van der Waals surface area contributed by atoms with Crippen molar-refractivity contribution in [3.63, 3.8) is 0 Å².